The summed E-state index contributed by atoms with van der Waals surface area (Å²) in [6.45, 7) is 8.51. The zero-order chi connectivity index (χ0) is 16.4. The Bertz CT molecular complexity index is 469. The number of ether oxygens (including phenoxy) is 1. The third-order valence-corrected chi connectivity index (χ3v) is 3.97. The summed E-state index contributed by atoms with van der Waals surface area (Å²) in [4.78, 5) is 4.67. The number of anilines is 1. The molecule has 0 radical (unpaired) electrons. The summed E-state index contributed by atoms with van der Waals surface area (Å²) in [6, 6.07) is 10.3. The molecule has 1 aliphatic rings. The van der Waals surface area contributed by atoms with Crippen LogP contribution in [0.15, 0.2) is 35.3 Å². The minimum atomic E-state index is -0.0861. The number of benzene rings is 1. The molecule has 5 nitrogen and oxygen atoms in total. The number of hydrogen-bond donors (Lipinski definition) is 3. The van der Waals surface area contributed by atoms with Crippen LogP contribution in [0.5, 0.6) is 0 Å². The lowest BCUT2D eigenvalue weighted by atomic mass is 10.0. The molecule has 0 saturated carbocycles. The average molecular weight is 318 g/mol. The minimum Gasteiger partial charge on any atom is -0.385 e. The van der Waals surface area contributed by atoms with Crippen molar-refractivity contribution in [1.82, 2.24) is 10.6 Å². The second-order valence-corrected chi connectivity index (χ2v) is 6.17. The molecular formula is C18H30N4O. The van der Waals surface area contributed by atoms with Crippen LogP contribution in [0.4, 0.5) is 5.69 Å². The Morgan fingerprint density at radius 1 is 1.22 bits per heavy atom. The van der Waals surface area contributed by atoms with Crippen LogP contribution in [0.3, 0.4) is 0 Å². The van der Waals surface area contributed by atoms with Crippen molar-refractivity contribution in [3.05, 3.63) is 30.3 Å². The van der Waals surface area contributed by atoms with E-state index in [9.17, 15) is 0 Å². The molecule has 0 amide bonds. The normalized spacial score (nSPS) is 21.2. The fraction of sp³-hybridized carbons (Fsp3) is 0.611. The van der Waals surface area contributed by atoms with Crippen molar-refractivity contribution in [2.75, 3.05) is 38.1 Å². The maximum Gasteiger partial charge on any atom is 0.191 e. The lowest BCUT2D eigenvalue weighted by Gasteiger charge is -2.21. The Labute approximate surface area is 139 Å². The number of nitrogens with zero attached hydrogens (tertiary/aromatic N) is 1. The van der Waals surface area contributed by atoms with E-state index in [2.05, 4.69) is 46.9 Å². The summed E-state index contributed by atoms with van der Waals surface area (Å²) in [5.41, 5.74) is 1.08. The molecular weight excluding hydrogens is 288 g/mol. The Hall–Kier alpha value is -1.75. The second-order valence-electron chi connectivity index (χ2n) is 6.17. The summed E-state index contributed by atoms with van der Waals surface area (Å²) in [5, 5.41) is 10.1. The SMILES string of the molecule is CCNC(=NCC1(C)CCCO1)NCCCNc1ccccc1. The van der Waals surface area contributed by atoms with Crippen molar-refractivity contribution in [3.8, 4) is 0 Å². The van der Waals surface area contributed by atoms with Gasteiger partial charge in [0.25, 0.3) is 0 Å². The van der Waals surface area contributed by atoms with Gasteiger partial charge in [0.1, 0.15) is 0 Å². The minimum absolute atomic E-state index is 0.0861. The van der Waals surface area contributed by atoms with Crippen LogP contribution < -0.4 is 16.0 Å². The summed E-state index contributed by atoms with van der Waals surface area (Å²) < 4.78 is 5.79. The van der Waals surface area contributed by atoms with Crippen LogP contribution in [0.2, 0.25) is 0 Å². The van der Waals surface area contributed by atoms with E-state index in [0.29, 0.717) is 6.54 Å². The molecule has 1 fully saturated rings. The van der Waals surface area contributed by atoms with Crippen LogP contribution in [0.25, 0.3) is 0 Å². The summed E-state index contributed by atoms with van der Waals surface area (Å²) in [7, 11) is 0. The van der Waals surface area contributed by atoms with E-state index in [1.807, 2.05) is 18.2 Å². The molecule has 0 aliphatic carbocycles. The molecule has 1 heterocycles. The largest absolute Gasteiger partial charge is 0.385 e. The van der Waals surface area contributed by atoms with E-state index < -0.39 is 0 Å². The van der Waals surface area contributed by atoms with Gasteiger partial charge in [-0.25, -0.2) is 0 Å². The molecule has 128 valence electrons. The highest BCUT2D eigenvalue weighted by Crippen LogP contribution is 2.24. The maximum absolute atomic E-state index is 5.79. The second kappa shape index (κ2) is 9.40. The fourth-order valence-corrected chi connectivity index (χ4v) is 2.63. The maximum atomic E-state index is 5.79. The quantitative estimate of drug-likeness (QED) is 0.392. The molecule has 1 aliphatic heterocycles. The van der Waals surface area contributed by atoms with Crippen LogP contribution in [0, 0.1) is 0 Å². The monoisotopic (exact) mass is 318 g/mol. The number of nitrogens with one attached hydrogen (secondary N) is 3. The third-order valence-electron chi connectivity index (χ3n) is 3.97. The number of para-hydroxylation sites is 1. The van der Waals surface area contributed by atoms with Gasteiger partial charge in [0.2, 0.25) is 0 Å². The van der Waals surface area contributed by atoms with Gasteiger partial charge in [-0.15, -0.1) is 0 Å². The molecule has 1 atom stereocenters. The molecule has 5 heteroatoms. The molecule has 2 rings (SSSR count). The zero-order valence-corrected chi connectivity index (χ0v) is 14.4. The van der Waals surface area contributed by atoms with Gasteiger partial charge in [-0.3, -0.25) is 4.99 Å². The van der Waals surface area contributed by atoms with Crippen molar-refractivity contribution < 1.29 is 4.74 Å². The van der Waals surface area contributed by atoms with E-state index in [0.717, 1.165) is 51.5 Å². The molecule has 0 spiro atoms. The molecule has 0 aromatic heterocycles. The van der Waals surface area contributed by atoms with Crippen LogP contribution in [-0.2, 0) is 4.74 Å². The van der Waals surface area contributed by atoms with Gasteiger partial charge in [0.05, 0.1) is 12.1 Å². The van der Waals surface area contributed by atoms with Gasteiger partial charge in [-0.05, 0) is 45.2 Å². The zero-order valence-electron chi connectivity index (χ0n) is 14.4. The molecule has 1 aromatic rings. The van der Waals surface area contributed by atoms with Crippen molar-refractivity contribution in [2.45, 2.75) is 38.7 Å². The molecule has 3 N–H and O–H groups in total. The number of hydrogen-bond acceptors (Lipinski definition) is 3. The van der Waals surface area contributed by atoms with Crippen LogP contribution >= 0.6 is 0 Å². The predicted octanol–water partition coefficient (Wildman–Crippen LogP) is 2.61. The lowest BCUT2D eigenvalue weighted by molar-refractivity contribution is 0.0283. The highest BCUT2D eigenvalue weighted by molar-refractivity contribution is 5.79. The molecule has 1 aromatic carbocycles. The van der Waals surface area contributed by atoms with Crippen LogP contribution in [-0.4, -0.2) is 44.3 Å². The molecule has 23 heavy (non-hydrogen) atoms. The summed E-state index contributed by atoms with van der Waals surface area (Å²) in [6.07, 6.45) is 3.27. The summed E-state index contributed by atoms with van der Waals surface area (Å²) in [5.74, 6) is 0.879. The Kier molecular flexibility index (Phi) is 7.20. The third kappa shape index (κ3) is 6.48. The van der Waals surface area contributed by atoms with E-state index >= 15 is 0 Å². The number of rotatable bonds is 8. The topological polar surface area (TPSA) is 57.7 Å². The van der Waals surface area contributed by atoms with Gasteiger partial charge >= 0.3 is 0 Å². The number of aliphatic imine (C=N–C) groups is 1. The predicted molar refractivity (Wildman–Crippen MR) is 97.1 cm³/mol. The Balaban J connectivity index is 1.67. The first-order valence-corrected chi connectivity index (χ1v) is 8.67. The highest BCUT2D eigenvalue weighted by Gasteiger charge is 2.29. The van der Waals surface area contributed by atoms with E-state index in [4.69, 9.17) is 4.74 Å². The smallest absolute Gasteiger partial charge is 0.191 e. The average Bonchev–Trinajstić information content (AvgIpc) is 3.00. The van der Waals surface area contributed by atoms with Crippen molar-refractivity contribution in [3.63, 3.8) is 0 Å². The van der Waals surface area contributed by atoms with Gasteiger partial charge < -0.3 is 20.7 Å². The summed E-state index contributed by atoms with van der Waals surface area (Å²) >= 11 is 0. The Morgan fingerprint density at radius 2 is 2.04 bits per heavy atom. The lowest BCUT2D eigenvalue weighted by Crippen LogP contribution is -2.40. The standard InChI is InChI=1S/C18H30N4O/c1-3-19-17(22-15-18(2)11-7-14-23-18)21-13-8-12-20-16-9-5-4-6-10-16/h4-6,9-10,20H,3,7-8,11-15H2,1-2H3,(H2,19,21,22). The van der Waals surface area contributed by atoms with Gasteiger partial charge in [0, 0.05) is 31.9 Å². The van der Waals surface area contributed by atoms with Crippen molar-refractivity contribution >= 4 is 11.6 Å². The van der Waals surface area contributed by atoms with E-state index in [1.165, 1.54) is 5.69 Å². The highest BCUT2D eigenvalue weighted by atomic mass is 16.5. The Morgan fingerprint density at radius 3 is 2.74 bits per heavy atom. The van der Waals surface area contributed by atoms with Crippen LogP contribution in [0.1, 0.15) is 33.1 Å². The number of guanidine groups is 1. The van der Waals surface area contributed by atoms with Gasteiger partial charge in [0.15, 0.2) is 5.96 Å². The first-order valence-electron chi connectivity index (χ1n) is 8.67. The van der Waals surface area contributed by atoms with Gasteiger partial charge in [-0.2, -0.15) is 0 Å². The van der Waals surface area contributed by atoms with E-state index in [-0.39, 0.29) is 5.60 Å². The first kappa shape index (κ1) is 17.6. The molecule has 1 unspecified atom stereocenters. The fourth-order valence-electron chi connectivity index (χ4n) is 2.63. The first-order chi connectivity index (χ1) is 11.2. The molecule has 0 bridgehead atoms. The van der Waals surface area contributed by atoms with Crippen molar-refractivity contribution in [1.29, 1.82) is 0 Å². The van der Waals surface area contributed by atoms with Gasteiger partial charge in [-0.1, -0.05) is 18.2 Å². The molecule has 1 saturated heterocycles. The van der Waals surface area contributed by atoms with Crippen molar-refractivity contribution in [2.24, 2.45) is 4.99 Å². The van der Waals surface area contributed by atoms with E-state index in [1.54, 1.807) is 0 Å².